The van der Waals surface area contributed by atoms with Crippen LogP contribution in [-0.4, -0.2) is 70.4 Å². The summed E-state index contributed by atoms with van der Waals surface area (Å²) in [6.07, 6.45) is 1.92. The average Bonchev–Trinajstić information content (AvgIpc) is 3.23. The van der Waals surface area contributed by atoms with E-state index in [4.69, 9.17) is 36.3 Å². The number of anilines is 7. The van der Waals surface area contributed by atoms with Gasteiger partial charge in [0.15, 0.2) is 23.3 Å². The highest BCUT2D eigenvalue weighted by Gasteiger charge is 2.12. The molecule has 2 heterocycles. The molecule has 5 N–H and O–H groups in total. The number of benzene rings is 4. The number of nitrogen functional groups attached to an aromatic ring is 1. The summed E-state index contributed by atoms with van der Waals surface area (Å²) in [7, 11) is 3.24. The average molecular weight is 835 g/mol. The number of hydrogen-bond donors (Lipinski definition) is 4. The molecular weight excluding hydrogens is 798 g/mol. The molecule has 0 aliphatic rings. The lowest BCUT2D eigenvalue weighted by atomic mass is 10.3. The van der Waals surface area contributed by atoms with Crippen LogP contribution in [0.5, 0.6) is 11.5 Å². The number of non-ortho nitro benzene ring substituents is 2. The van der Waals surface area contributed by atoms with Gasteiger partial charge in [-0.05, 0) is 72.3 Å². The van der Waals surface area contributed by atoms with Gasteiger partial charge in [0.05, 0.1) is 35.5 Å². The van der Waals surface area contributed by atoms with Gasteiger partial charge in [-0.15, -0.1) is 0 Å². The number of halogens is 3. The molecule has 0 amide bonds. The number of nitrogens with two attached hydrogens (primary N) is 1. The number of aromatic nitrogens is 4. The van der Waals surface area contributed by atoms with Crippen LogP contribution < -0.4 is 31.2 Å². The molecule has 0 radical (unpaired) electrons. The molecule has 0 fully saturated rings. The van der Waals surface area contributed by atoms with E-state index in [0.29, 0.717) is 49.2 Å². The first kappa shape index (κ1) is 44.4. The first-order chi connectivity index (χ1) is 28.4. The zero-order chi connectivity index (χ0) is 42.6. The van der Waals surface area contributed by atoms with Crippen LogP contribution in [0.4, 0.5) is 60.5 Å². The molecule has 0 unspecified atom stereocenters. The van der Waals surface area contributed by atoms with E-state index < -0.39 is 21.5 Å². The lowest BCUT2D eigenvalue weighted by molar-refractivity contribution is -0.385. The maximum Gasteiger partial charge on any atom is 0.271 e. The highest BCUT2D eigenvalue weighted by Crippen LogP contribution is 2.25. The van der Waals surface area contributed by atoms with Crippen molar-refractivity contribution in [3.63, 3.8) is 0 Å². The molecule has 0 spiro atoms. The van der Waals surface area contributed by atoms with Crippen molar-refractivity contribution in [3.05, 3.63) is 147 Å². The number of nitro benzene ring substituents is 2. The Bertz CT molecular complexity index is 2280. The van der Waals surface area contributed by atoms with E-state index in [2.05, 4.69) is 35.9 Å². The van der Waals surface area contributed by atoms with E-state index in [1.54, 1.807) is 50.6 Å². The SMILES string of the molecule is COCCOc1ccc(N)cc1.COCCOc1ccc(Nc2ncc(F)c(Nc3cccc([N+](=O)[O-])c3)n2)cc1.O=[N+]([O-])c1cccc(Nc2nc(Cl)ncc2F)c1. The number of methoxy groups -OCH3 is 2. The van der Waals surface area contributed by atoms with E-state index in [9.17, 15) is 29.0 Å². The lowest BCUT2D eigenvalue weighted by Crippen LogP contribution is -2.05. The van der Waals surface area contributed by atoms with Gasteiger partial charge >= 0.3 is 0 Å². The first-order valence-corrected chi connectivity index (χ1v) is 17.5. The summed E-state index contributed by atoms with van der Waals surface area (Å²) in [5.41, 5.74) is 7.36. The van der Waals surface area contributed by atoms with Crippen molar-refractivity contribution in [2.24, 2.45) is 0 Å². The fourth-order valence-corrected chi connectivity index (χ4v) is 4.56. The number of nitro groups is 2. The lowest BCUT2D eigenvalue weighted by Gasteiger charge is -2.10. The number of hydrogen-bond acceptors (Lipinski definition) is 16. The molecule has 21 heteroatoms. The molecule has 0 saturated carbocycles. The second kappa shape index (κ2) is 23.1. The minimum Gasteiger partial charge on any atom is -0.491 e. The quantitative estimate of drug-likeness (QED) is 0.0236. The van der Waals surface area contributed by atoms with E-state index >= 15 is 0 Å². The minimum absolute atomic E-state index is 0.109. The molecule has 0 saturated heterocycles. The summed E-state index contributed by atoms with van der Waals surface area (Å²) in [6.45, 7) is 2.10. The number of nitrogens with one attached hydrogen (secondary N) is 3. The molecular formula is C38H37ClF2N10O8. The third kappa shape index (κ3) is 15.3. The number of ether oxygens (including phenoxy) is 4. The Kier molecular flexibility index (Phi) is 17.4. The van der Waals surface area contributed by atoms with E-state index in [1.165, 1.54) is 36.4 Å². The van der Waals surface area contributed by atoms with Crippen molar-refractivity contribution >= 4 is 63.3 Å². The third-order valence-electron chi connectivity index (χ3n) is 7.20. The molecule has 2 aromatic heterocycles. The fourth-order valence-electron chi connectivity index (χ4n) is 4.43. The Morgan fingerprint density at radius 1 is 0.644 bits per heavy atom. The van der Waals surface area contributed by atoms with Crippen LogP contribution in [-0.2, 0) is 9.47 Å². The van der Waals surface area contributed by atoms with Gasteiger partial charge in [0.2, 0.25) is 11.2 Å². The summed E-state index contributed by atoms with van der Waals surface area (Å²) >= 11 is 5.53. The van der Waals surface area contributed by atoms with Crippen molar-refractivity contribution in [2.45, 2.75) is 0 Å². The maximum atomic E-state index is 14.1. The molecule has 0 aliphatic heterocycles. The van der Waals surface area contributed by atoms with Gasteiger partial charge < -0.3 is 40.6 Å². The van der Waals surface area contributed by atoms with E-state index in [-0.39, 0.29) is 34.2 Å². The van der Waals surface area contributed by atoms with Gasteiger partial charge in [0.25, 0.3) is 11.4 Å². The second-order valence-corrected chi connectivity index (χ2v) is 11.8. The van der Waals surface area contributed by atoms with Gasteiger partial charge in [-0.2, -0.15) is 9.97 Å². The number of nitrogens with zero attached hydrogens (tertiary/aromatic N) is 6. The molecule has 18 nitrogen and oxygen atoms in total. The Balaban J connectivity index is 0.000000217. The first-order valence-electron chi connectivity index (χ1n) is 17.1. The molecule has 59 heavy (non-hydrogen) atoms. The van der Waals surface area contributed by atoms with Crippen molar-refractivity contribution in [1.29, 1.82) is 0 Å². The van der Waals surface area contributed by atoms with Gasteiger partial charge in [-0.1, -0.05) is 12.1 Å². The summed E-state index contributed by atoms with van der Waals surface area (Å²) in [6, 6.07) is 25.7. The summed E-state index contributed by atoms with van der Waals surface area (Å²) in [5, 5.41) is 29.6. The normalized spacial score (nSPS) is 10.2. The van der Waals surface area contributed by atoms with Crippen molar-refractivity contribution in [3.8, 4) is 11.5 Å². The van der Waals surface area contributed by atoms with Crippen molar-refractivity contribution in [1.82, 2.24) is 19.9 Å². The Morgan fingerprint density at radius 2 is 1.12 bits per heavy atom. The number of rotatable bonds is 16. The van der Waals surface area contributed by atoms with Gasteiger partial charge in [0, 0.05) is 61.2 Å². The molecule has 6 aromatic rings. The van der Waals surface area contributed by atoms with Crippen LogP contribution >= 0.6 is 11.6 Å². The molecule has 6 rings (SSSR count). The van der Waals surface area contributed by atoms with Gasteiger partial charge in [-0.3, -0.25) is 20.2 Å². The zero-order valence-corrected chi connectivity index (χ0v) is 32.1. The molecule has 0 bridgehead atoms. The standard InChI is InChI=1S/C19H18FN5O4.C10H6ClFN4O2.C9H13NO2/c1-28-9-10-29-16-7-5-13(6-8-16)23-19-21-12-17(20)18(24-19)22-14-3-2-4-15(11-14)25(26)27;11-10-13-5-8(12)9(15-10)14-6-2-1-3-7(4-6)16(17)18;1-11-6-7-12-9-4-2-8(10)3-5-9/h2-8,11-12H,9-10H2,1H3,(H2,21,22,23,24);1-5H,(H,13,14,15);2-5H,6-7,10H2,1H3. The van der Waals surface area contributed by atoms with Crippen LogP contribution in [0.15, 0.2) is 109 Å². The monoisotopic (exact) mass is 834 g/mol. The molecule has 0 aliphatic carbocycles. The van der Waals surface area contributed by atoms with E-state index in [1.807, 2.05) is 24.3 Å². The van der Waals surface area contributed by atoms with Crippen LogP contribution in [0, 0.1) is 31.9 Å². The summed E-state index contributed by atoms with van der Waals surface area (Å²) in [5.74, 6) is 0.0159. The summed E-state index contributed by atoms with van der Waals surface area (Å²) < 4.78 is 48.0. The van der Waals surface area contributed by atoms with Gasteiger partial charge in [-0.25, -0.2) is 18.7 Å². The minimum atomic E-state index is -0.703. The maximum absolute atomic E-state index is 14.1. The Labute approximate surface area is 340 Å². The Hall–Kier alpha value is -7.29. The van der Waals surface area contributed by atoms with Crippen molar-refractivity contribution in [2.75, 3.05) is 62.3 Å². The molecule has 308 valence electrons. The highest BCUT2D eigenvalue weighted by atomic mass is 35.5. The molecule has 4 aromatic carbocycles. The predicted molar refractivity (Wildman–Crippen MR) is 217 cm³/mol. The van der Waals surface area contributed by atoms with Crippen LogP contribution in [0.25, 0.3) is 0 Å². The highest BCUT2D eigenvalue weighted by molar-refractivity contribution is 6.28. The fraction of sp³-hybridized carbons (Fsp3) is 0.158. The largest absolute Gasteiger partial charge is 0.491 e. The predicted octanol–water partition coefficient (Wildman–Crippen LogP) is 8.25. The van der Waals surface area contributed by atoms with E-state index in [0.717, 1.165) is 23.8 Å². The molecule has 0 atom stereocenters. The van der Waals surface area contributed by atoms with Crippen LogP contribution in [0.1, 0.15) is 0 Å². The van der Waals surface area contributed by atoms with Crippen molar-refractivity contribution < 1.29 is 37.6 Å². The van der Waals surface area contributed by atoms with Crippen LogP contribution in [0.3, 0.4) is 0 Å². The van der Waals surface area contributed by atoms with Crippen LogP contribution in [0.2, 0.25) is 5.28 Å². The topological polar surface area (TPSA) is 237 Å². The third-order valence-corrected chi connectivity index (χ3v) is 7.38. The summed E-state index contributed by atoms with van der Waals surface area (Å²) in [4.78, 5) is 35.5. The zero-order valence-electron chi connectivity index (χ0n) is 31.4. The Morgan fingerprint density at radius 3 is 1.61 bits per heavy atom. The smallest absolute Gasteiger partial charge is 0.271 e. The van der Waals surface area contributed by atoms with Gasteiger partial charge in [0.1, 0.15) is 24.7 Å². The second-order valence-electron chi connectivity index (χ2n) is 11.5.